The lowest BCUT2D eigenvalue weighted by Gasteiger charge is -2.11. The summed E-state index contributed by atoms with van der Waals surface area (Å²) in [5, 5.41) is 3.01. The van der Waals surface area contributed by atoms with Crippen molar-refractivity contribution in [1.82, 2.24) is 10.3 Å². The summed E-state index contributed by atoms with van der Waals surface area (Å²) in [5.41, 5.74) is 1.71. The zero-order valence-electron chi connectivity index (χ0n) is 11.1. The lowest BCUT2D eigenvalue weighted by atomic mass is 10.3. The van der Waals surface area contributed by atoms with Crippen LogP contribution in [-0.2, 0) is 16.4 Å². The van der Waals surface area contributed by atoms with Crippen LogP contribution in [0.25, 0.3) is 0 Å². The highest BCUT2D eigenvalue weighted by molar-refractivity contribution is 7.91. The normalized spacial score (nSPS) is 11.5. The minimum Gasteiger partial charge on any atom is -0.491 e. The molecule has 1 aromatic rings. The molecule has 0 bridgehead atoms. The van der Waals surface area contributed by atoms with E-state index in [4.69, 9.17) is 4.74 Å². The molecule has 0 aromatic carbocycles. The van der Waals surface area contributed by atoms with Gasteiger partial charge < -0.3 is 10.1 Å². The van der Waals surface area contributed by atoms with Gasteiger partial charge in [-0.2, -0.15) is 0 Å². The Bertz CT molecular complexity index is 486. The number of hydrogen-bond acceptors (Lipinski definition) is 5. The molecule has 1 rings (SSSR count). The Kier molecular flexibility index (Phi) is 5.55. The molecule has 0 aliphatic carbocycles. The highest BCUT2D eigenvalue weighted by Crippen LogP contribution is 2.16. The summed E-state index contributed by atoms with van der Waals surface area (Å²) in [5.74, 6) is 0.823. The number of hydrogen-bond donors (Lipinski definition) is 1. The molecule has 18 heavy (non-hydrogen) atoms. The molecule has 0 fully saturated rings. The van der Waals surface area contributed by atoms with Gasteiger partial charge in [0.05, 0.1) is 11.4 Å². The van der Waals surface area contributed by atoms with E-state index in [1.165, 1.54) is 0 Å². The van der Waals surface area contributed by atoms with Crippen molar-refractivity contribution < 1.29 is 13.2 Å². The van der Waals surface area contributed by atoms with Crippen molar-refractivity contribution in [1.29, 1.82) is 0 Å². The van der Waals surface area contributed by atoms with E-state index in [1.54, 1.807) is 6.92 Å². The van der Waals surface area contributed by atoms with Crippen LogP contribution < -0.4 is 10.1 Å². The quantitative estimate of drug-likeness (QED) is 0.799. The second kappa shape index (κ2) is 6.70. The number of nitrogens with one attached hydrogen (secondary N) is 1. The molecule has 0 atom stereocenters. The molecule has 1 heterocycles. The summed E-state index contributed by atoms with van der Waals surface area (Å²) >= 11 is 0. The van der Waals surface area contributed by atoms with Crippen LogP contribution in [-0.4, -0.2) is 38.6 Å². The smallest absolute Gasteiger partial charge is 0.153 e. The Balaban J connectivity index is 2.67. The van der Waals surface area contributed by atoms with E-state index in [-0.39, 0.29) is 18.1 Å². The Morgan fingerprint density at radius 3 is 2.72 bits per heavy atom. The van der Waals surface area contributed by atoms with Gasteiger partial charge in [0.2, 0.25) is 0 Å². The molecule has 0 aliphatic heterocycles. The minimum atomic E-state index is -2.98. The van der Waals surface area contributed by atoms with Crippen molar-refractivity contribution in [3.63, 3.8) is 0 Å². The SMILES string of the molecule is CCS(=O)(=O)CCOc1ccc(C)nc1CNC. The van der Waals surface area contributed by atoms with Gasteiger partial charge in [0.25, 0.3) is 0 Å². The number of rotatable bonds is 7. The second-order valence-corrected chi connectivity index (χ2v) is 6.49. The molecule has 6 heteroatoms. The second-order valence-electron chi connectivity index (χ2n) is 4.01. The Hall–Kier alpha value is -1.14. The molecular formula is C12H20N2O3S. The lowest BCUT2D eigenvalue weighted by Crippen LogP contribution is -2.17. The van der Waals surface area contributed by atoms with Crippen LogP contribution in [0.2, 0.25) is 0 Å². The van der Waals surface area contributed by atoms with Gasteiger partial charge in [0.1, 0.15) is 12.4 Å². The number of sulfone groups is 1. The third-order valence-corrected chi connectivity index (χ3v) is 4.18. The highest BCUT2D eigenvalue weighted by Gasteiger charge is 2.09. The summed E-state index contributed by atoms with van der Waals surface area (Å²) in [4.78, 5) is 4.36. The molecule has 0 unspecified atom stereocenters. The van der Waals surface area contributed by atoms with Crippen LogP contribution in [0, 0.1) is 6.92 Å². The number of ether oxygens (including phenoxy) is 1. The number of pyridine rings is 1. The third kappa shape index (κ3) is 4.62. The maximum atomic E-state index is 11.3. The average Bonchev–Trinajstić information content (AvgIpc) is 2.32. The Labute approximate surface area is 108 Å². The molecule has 0 saturated carbocycles. The van der Waals surface area contributed by atoms with Crippen LogP contribution in [0.1, 0.15) is 18.3 Å². The van der Waals surface area contributed by atoms with Gasteiger partial charge in [-0.25, -0.2) is 8.42 Å². The molecule has 0 saturated heterocycles. The fraction of sp³-hybridized carbons (Fsp3) is 0.583. The summed E-state index contributed by atoms with van der Waals surface area (Å²) < 4.78 is 28.2. The molecule has 5 nitrogen and oxygen atoms in total. The molecule has 102 valence electrons. The van der Waals surface area contributed by atoms with Crippen molar-refractivity contribution in [3.8, 4) is 5.75 Å². The third-order valence-electron chi connectivity index (χ3n) is 2.51. The van der Waals surface area contributed by atoms with E-state index in [2.05, 4.69) is 10.3 Å². The predicted octanol–water partition coefficient (Wildman–Crippen LogP) is 0.923. The minimum absolute atomic E-state index is 0.0381. The molecule has 0 spiro atoms. The van der Waals surface area contributed by atoms with Crippen molar-refractivity contribution in [2.24, 2.45) is 0 Å². The largest absolute Gasteiger partial charge is 0.491 e. The topological polar surface area (TPSA) is 68.3 Å². The molecular weight excluding hydrogens is 252 g/mol. The average molecular weight is 272 g/mol. The van der Waals surface area contributed by atoms with E-state index in [0.29, 0.717) is 12.3 Å². The van der Waals surface area contributed by atoms with E-state index in [0.717, 1.165) is 11.4 Å². The molecule has 1 aromatic heterocycles. The zero-order valence-corrected chi connectivity index (χ0v) is 11.9. The van der Waals surface area contributed by atoms with Gasteiger partial charge in [-0.3, -0.25) is 4.98 Å². The lowest BCUT2D eigenvalue weighted by molar-refractivity contribution is 0.334. The molecule has 0 amide bonds. The van der Waals surface area contributed by atoms with E-state index < -0.39 is 9.84 Å². The first-order valence-electron chi connectivity index (χ1n) is 5.93. The summed E-state index contributed by atoms with van der Waals surface area (Å²) in [6.07, 6.45) is 0. The number of nitrogens with zero attached hydrogens (tertiary/aromatic N) is 1. The highest BCUT2D eigenvalue weighted by atomic mass is 32.2. The number of aromatic nitrogens is 1. The predicted molar refractivity (Wildman–Crippen MR) is 71.6 cm³/mol. The van der Waals surface area contributed by atoms with E-state index in [1.807, 2.05) is 26.1 Å². The zero-order chi connectivity index (χ0) is 13.6. The van der Waals surface area contributed by atoms with Crippen LogP contribution in [0.5, 0.6) is 5.75 Å². The van der Waals surface area contributed by atoms with Crippen LogP contribution >= 0.6 is 0 Å². The fourth-order valence-electron chi connectivity index (χ4n) is 1.45. The van der Waals surface area contributed by atoms with Gasteiger partial charge >= 0.3 is 0 Å². The van der Waals surface area contributed by atoms with E-state index >= 15 is 0 Å². The Morgan fingerprint density at radius 1 is 1.39 bits per heavy atom. The number of aryl methyl sites for hydroxylation is 1. The maximum Gasteiger partial charge on any atom is 0.153 e. The molecule has 0 aliphatic rings. The molecule has 0 radical (unpaired) electrons. The monoisotopic (exact) mass is 272 g/mol. The fourth-order valence-corrected chi connectivity index (χ4v) is 2.07. The van der Waals surface area contributed by atoms with Crippen molar-refractivity contribution in [3.05, 3.63) is 23.5 Å². The van der Waals surface area contributed by atoms with E-state index in [9.17, 15) is 8.42 Å². The van der Waals surface area contributed by atoms with Gasteiger partial charge in [-0.15, -0.1) is 0 Å². The first-order chi connectivity index (χ1) is 8.48. The first-order valence-corrected chi connectivity index (χ1v) is 7.75. The van der Waals surface area contributed by atoms with Gasteiger partial charge in [-0.05, 0) is 26.1 Å². The summed E-state index contributed by atoms with van der Waals surface area (Å²) in [6, 6.07) is 3.68. The molecule has 1 N–H and O–H groups in total. The summed E-state index contributed by atoms with van der Waals surface area (Å²) in [7, 11) is -1.16. The maximum absolute atomic E-state index is 11.3. The van der Waals surface area contributed by atoms with Crippen LogP contribution in [0.4, 0.5) is 0 Å². The van der Waals surface area contributed by atoms with Gasteiger partial charge in [-0.1, -0.05) is 6.92 Å². The standard InChI is InChI=1S/C12H20N2O3S/c1-4-18(15,16)8-7-17-12-6-5-10(2)14-11(12)9-13-3/h5-6,13H,4,7-9H2,1-3H3. The van der Waals surface area contributed by atoms with Crippen LogP contribution in [0.15, 0.2) is 12.1 Å². The van der Waals surface area contributed by atoms with Crippen molar-refractivity contribution in [2.45, 2.75) is 20.4 Å². The first kappa shape index (κ1) is 14.9. The van der Waals surface area contributed by atoms with Gasteiger partial charge in [0.15, 0.2) is 9.84 Å². The summed E-state index contributed by atoms with van der Waals surface area (Å²) in [6.45, 7) is 4.30. The van der Waals surface area contributed by atoms with Crippen molar-refractivity contribution in [2.75, 3.05) is 25.2 Å². The van der Waals surface area contributed by atoms with Gasteiger partial charge in [0, 0.05) is 18.0 Å². The van der Waals surface area contributed by atoms with Crippen LogP contribution in [0.3, 0.4) is 0 Å². The van der Waals surface area contributed by atoms with Crippen molar-refractivity contribution >= 4 is 9.84 Å². The Morgan fingerprint density at radius 2 is 2.11 bits per heavy atom.